The lowest BCUT2D eigenvalue weighted by molar-refractivity contribution is -0.136. The summed E-state index contributed by atoms with van der Waals surface area (Å²) in [6.45, 7) is 7.32. The van der Waals surface area contributed by atoms with E-state index in [9.17, 15) is 4.79 Å². The smallest absolute Gasteiger partial charge is 0.233 e. The van der Waals surface area contributed by atoms with Crippen molar-refractivity contribution in [3.8, 4) is 0 Å². The third-order valence-electron chi connectivity index (χ3n) is 8.01. The number of rotatable bonds is 3. The number of piperidine rings is 1. The Hall–Kier alpha value is -1.66. The van der Waals surface area contributed by atoms with E-state index in [2.05, 4.69) is 16.7 Å². The zero-order valence-corrected chi connectivity index (χ0v) is 18.1. The second kappa shape index (κ2) is 8.12. The third kappa shape index (κ3) is 3.52. The van der Waals surface area contributed by atoms with Crippen LogP contribution in [0.2, 0.25) is 0 Å². The first-order valence-corrected chi connectivity index (χ1v) is 11.8. The van der Waals surface area contributed by atoms with Crippen molar-refractivity contribution >= 4 is 17.3 Å². The molecule has 5 rings (SSSR count). The Balaban J connectivity index is 1.31. The van der Waals surface area contributed by atoms with Gasteiger partial charge < -0.3 is 14.5 Å². The Bertz CT molecular complexity index is 789. The van der Waals surface area contributed by atoms with Crippen molar-refractivity contribution < 1.29 is 13.9 Å². The summed E-state index contributed by atoms with van der Waals surface area (Å²) in [5, 5.41) is 0. The summed E-state index contributed by atoms with van der Waals surface area (Å²) in [5.41, 5.74) is 1.03. The van der Waals surface area contributed by atoms with Crippen LogP contribution in [0, 0.1) is 11.2 Å². The van der Waals surface area contributed by atoms with Crippen molar-refractivity contribution in [2.24, 2.45) is 5.41 Å². The van der Waals surface area contributed by atoms with Crippen molar-refractivity contribution in [2.75, 3.05) is 49.2 Å². The molecule has 1 aromatic rings. The summed E-state index contributed by atoms with van der Waals surface area (Å²) in [7, 11) is 0. The third-order valence-corrected chi connectivity index (χ3v) is 8.01. The standard InChI is InChI=1S/C24H34FN3O2/c1-18-4-2-11-27(18)20-7-13-26(17-20)19-5-6-22(21(25)16-19)28-12-3-8-24(23(28)29)9-14-30-15-10-24/h5-6,16,18,20H,2-4,7-15,17H2,1H3/t18-,20-/m1/s1. The quantitative estimate of drug-likeness (QED) is 0.752. The predicted molar refractivity (Wildman–Crippen MR) is 116 cm³/mol. The number of likely N-dealkylation sites (tertiary alicyclic amines) is 1. The molecule has 6 heteroatoms. The molecule has 1 aromatic carbocycles. The molecule has 0 aliphatic carbocycles. The summed E-state index contributed by atoms with van der Waals surface area (Å²) in [4.78, 5) is 19.9. The van der Waals surface area contributed by atoms with Crippen molar-refractivity contribution in [1.82, 2.24) is 4.90 Å². The summed E-state index contributed by atoms with van der Waals surface area (Å²) < 4.78 is 20.7. The van der Waals surface area contributed by atoms with Gasteiger partial charge in [-0.1, -0.05) is 0 Å². The van der Waals surface area contributed by atoms with Gasteiger partial charge in [0, 0.05) is 50.6 Å². The van der Waals surface area contributed by atoms with Crippen LogP contribution in [0.25, 0.3) is 0 Å². The van der Waals surface area contributed by atoms with E-state index in [4.69, 9.17) is 4.74 Å². The van der Waals surface area contributed by atoms with Gasteiger partial charge in [-0.2, -0.15) is 0 Å². The first kappa shape index (κ1) is 20.3. The molecule has 0 unspecified atom stereocenters. The van der Waals surface area contributed by atoms with Gasteiger partial charge in [0.25, 0.3) is 0 Å². The van der Waals surface area contributed by atoms with Gasteiger partial charge in [-0.15, -0.1) is 0 Å². The van der Waals surface area contributed by atoms with Gasteiger partial charge in [0.15, 0.2) is 0 Å². The van der Waals surface area contributed by atoms with Crippen LogP contribution in [-0.4, -0.2) is 62.3 Å². The average Bonchev–Trinajstić information content (AvgIpc) is 3.40. The normalized spacial score (nSPS) is 29.9. The zero-order chi connectivity index (χ0) is 20.7. The minimum Gasteiger partial charge on any atom is -0.381 e. The van der Waals surface area contributed by atoms with Gasteiger partial charge in [0.2, 0.25) is 5.91 Å². The second-order valence-corrected chi connectivity index (χ2v) is 9.71. The van der Waals surface area contributed by atoms with E-state index in [1.165, 1.54) is 19.4 Å². The predicted octanol–water partition coefficient (Wildman–Crippen LogP) is 3.81. The van der Waals surface area contributed by atoms with Crippen molar-refractivity contribution in [2.45, 2.75) is 64.0 Å². The first-order valence-electron chi connectivity index (χ1n) is 11.8. The molecule has 0 radical (unpaired) electrons. The maximum absolute atomic E-state index is 15.2. The van der Waals surface area contributed by atoms with Gasteiger partial charge >= 0.3 is 0 Å². The number of nitrogens with zero attached hydrogens (tertiary/aromatic N) is 3. The summed E-state index contributed by atoms with van der Waals surface area (Å²) in [5.74, 6) is -0.184. The molecule has 4 aliphatic rings. The largest absolute Gasteiger partial charge is 0.381 e. The highest BCUT2D eigenvalue weighted by Crippen LogP contribution is 2.42. The fraction of sp³-hybridized carbons (Fsp3) is 0.708. The molecule has 30 heavy (non-hydrogen) atoms. The number of ether oxygens (including phenoxy) is 1. The van der Waals surface area contributed by atoms with Gasteiger partial charge in [-0.3, -0.25) is 9.69 Å². The number of hydrogen-bond donors (Lipinski definition) is 0. The fourth-order valence-electron chi connectivity index (χ4n) is 6.18. The molecule has 1 amide bonds. The van der Waals surface area contributed by atoms with Crippen LogP contribution >= 0.6 is 0 Å². The van der Waals surface area contributed by atoms with Crippen molar-refractivity contribution in [1.29, 1.82) is 0 Å². The number of hydrogen-bond acceptors (Lipinski definition) is 4. The maximum Gasteiger partial charge on any atom is 0.233 e. The second-order valence-electron chi connectivity index (χ2n) is 9.71. The van der Waals surface area contributed by atoms with Crippen LogP contribution < -0.4 is 9.80 Å². The molecule has 2 atom stereocenters. The first-order chi connectivity index (χ1) is 14.6. The Labute approximate surface area is 179 Å². The number of carbonyl (C=O) groups excluding carboxylic acids is 1. The van der Waals surface area contributed by atoms with Crippen LogP contribution in [0.1, 0.15) is 51.9 Å². The van der Waals surface area contributed by atoms with Crippen LogP contribution in [0.3, 0.4) is 0 Å². The molecule has 0 bridgehead atoms. The lowest BCUT2D eigenvalue weighted by Crippen LogP contribution is -2.51. The summed E-state index contributed by atoms with van der Waals surface area (Å²) >= 11 is 0. The van der Waals surface area contributed by atoms with E-state index in [1.807, 2.05) is 12.1 Å². The van der Waals surface area contributed by atoms with E-state index in [0.29, 0.717) is 37.5 Å². The summed E-state index contributed by atoms with van der Waals surface area (Å²) in [6, 6.07) is 6.71. The topological polar surface area (TPSA) is 36.0 Å². The Morgan fingerprint density at radius 1 is 1.07 bits per heavy atom. The van der Waals surface area contributed by atoms with Crippen LogP contribution in [-0.2, 0) is 9.53 Å². The SMILES string of the molecule is C[C@@H]1CCCN1[C@@H]1CCN(c2ccc(N3CCCC4(CCOCC4)C3=O)c(F)c2)C1. The van der Waals surface area contributed by atoms with E-state index < -0.39 is 0 Å². The maximum atomic E-state index is 15.2. The van der Waals surface area contributed by atoms with Gasteiger partial charge in [0.05, 0.1) is 11.1 Å². The zero-order valence-electron chi connectivity index (χ0n) is 18.1. The summed E-state index contributed by atoms with van der Waals surface area (Å²) in [6.07, 6.45) is 7.06. The van der Waals surface area contributed by atoms with E-state index in [0.717, 1.165) is 50.9 Å². The minimum atomic E-state index is -0.351. The van der Waals surface area contributed by atoms with Crippen LogP contribution in [0.5, 0.6) is 0 Å². The van der Waals surface area contributed by atoms with Crippen molar-refractivity contribution in [3.63, 3.8) is 0 Å². The van der Waals surface area contributed by atoms with Crippen molar-refractivity contribution in [3.05, 3.63) is 24.0 Å². The van der Waals surface area contributed by atoms with Crippen LogP contribution in [0.15, 0.2) is 18.2 Å². The molecule has 0 N–H and O–H groups in total. The molecular weight excluding hydrogens is 381 g/mol. The lowest BCUT2D eigenvalue weighted by atomic mass is 9.73. The number of amides is 1. The molecule has 4 aliphatic heterocycles. The Kier molecular flexibility index (Phi) is 5.48. The highest BCUT2D eigenvalue weighted by Gasteiger charge is 2.45. The van der Waals surface area contributed by atoms with Crippen LogP contribution in [0.4, 0.5) is 15.8 Å². The van der Waals surface area contributed by atoms with E-state index in [1.54, 1.807) is 11.0 Å². The number of benzene rings is 1. The molecule has 4 fully saturated rings. The fourth-order valence-corrected chi connectivity index (χ4v) is 6.18. The monoisotopic (exact) mass is 415 g/mol. The average molecular weight is 416 g/mol. The van der Waals surface area contributed by atoms with Gasteiger partial charge in [-0.25, -0.2) is 4.39 Å². The van der Waals surface area contributed by atoms with E-state index in [-0.39, 0.29) is 17.1 Å². The molecular formula is C24H34FN3O2. The molecule has 0 saturated carbocycles. The number of carbonyl (C=O) groups is 1. The number of anilines is 2. The molecule has 5 nitrogen and oxygen atoms in total. The molecule has 4 saturated heterocycles. The Morgan fingerprint density at radius 2 is 1.90 bits per heavy atom. The lowest BCUT2D eigenvalue weighted by Gasteiger charge is -2.43. The van der Waals surface area contributed by atoms with Gasteiger partial charge in [0.1, 0.15) is 5.82 Å². The highest BCUT2D eigenvalue weighted by atomic mass is 19.1. The highest BCUT2D eigenvalue weighted by molar-refractivity contribution is 5.98. The van der Waals surface area contributed by atoms with E-state index >= 15 is 4.39 Å². The molecule has 0 aromatic heterocycles. The molecule has 164 valence electrons. The minimum absolute atomic E-state index is 0.0907. The molecule has 1 spiro atoms. The van der Waals surface area contributed by atoms with Gasteiger partial charge in [-0.05, 0) is 76.6 Å². The number of halogens is 1. The Morgan fingerprint density at radius 3 is 2.63 bits per heavy atom. The molecule has 4 heterocycles.